The number of carbonyl (C=O) groups is 1. The minimum Gasteiger partial charge on any atom is -0.480 e. The lowest BCUT2D eigenvalue weighted by Gasteiger charge is -2.34. The number of nitrogens with one attached hydrogen (secondary N) is 1. The monoisotopic (exact) mass is 331 g/mol. The molecule has 8 nitrogen and oxygen atoms in total. The molecule has 1 N–H and O–H groups in total. The minimum atomic E-state index is -0.155. The van der Waals surface area contributed by atoms with Gasteiger partial charge in [0, 0.05) is 19.9 Å². The van der Waals surface area contributed by atoms with E-state index in [-0.39, 0.29) is 11.9 Å². The number of likely N-dealkylation sites (tertiary alicyclic amines) is 1. The number of hydrogen-bond acceptors (Lipinski definition) is 6. The van der Waals surface area contributed by atoms with Crippen LogP contribution in [0.1, 0.15) is 47.3 Å². The molecule has 0 saturated carbocycles. The molecular formula is C16H21N5O3. The van der Waals surface area contributed by atoms with E-state index in [1.165, 1.54) is 7.11 Å². The number of rotatable bonds is 5. The fourth-order valence-corrected chi connectivity index (χ4v) is 2.97. The summed E-state index contributed by atoms with van der Waals surface area (Å²) in [5.74, 6) is 1.51. The zero-order valence-corrected chi connectivity index (χ0v) is 13.9. The Morgan fingerprint density at radius 2 is 2.29 bits per heavy atom. The lowest BCUT2D eigenvalue weighted by molar-refractivity contribution is 0.0596. The summed E-state index contributed by atoms with van der Waals surface area (Å²) in [6, 6.07) is 3.31. The summed E-state index contributed by atoms with van der Waals surface area (Å²) in [7, 11) is 3.12. The van der Waals surface area contributed by atoms with Crippen LogP contribution in [0.4, 0.5) is 0 Å². The van der Waals surface area contributed by atoms with Gasteiger partial charge in [-0.25, -0.2) is 9.97 Å². The molecule has 2 aromatic heterocycles. The van der Waals surface area contributed by atoms with Gasteiger partial charge < -0.3 is 14.4 Å². The van der Waals surface area contributed by atoms with Crippen molar-refractivity contribution in [1.82, 2.24) is 25.1 Å². The van der Waals surface area contributed by atoms with E-state index in [9.17, 15) is 4.79 Å². The van der Waals surface area contributed by atoms with Crippen molar-refractivity contribution in [3.8, 4) is 5.88 Å². The van der Waals surface area contributed by atoms with Crippen molar-refractivity contribution < 1.29 is 14.3 Å². The Hall–Kier alpha value is -2.48. The Kier molecular flexibility index (Phi) is 5.05. The first-order chi connectivity index (χ1) is 11.7. The van der Waals surface area contributed by atoms with E-state index >= 15 is 0 Å². The van der Waals surface area contributed by atoms with Crippen LogP contribution in [0.2, 0.25) is 0 Å². The van der Waals surface area contributed by atoms with Gasteiger partial charge >= 0.3 is 0 Å². The molecule has 0 spiro atoms. The van der Waals surface area contributed by atoms with Gasteiger partial charge in [0.25, 0.3) is 5.91 Å². The van der Waals surface area contributed by atoms with Gasteiger partial charge in [0.1, 0.15) is 12.2 Å². The lowest BCUT2D eigenvalue weighted by Crippen LogP contribution is -2.39. The first-order valence-electron chi connectivity index (χ1n) is 7.94. The number of pyridine rings is 1. The molecule has 1 atom stereocenters. The van der Waals surface area contributed by atoms with E-state index in [1.54, 1.807) is 25.4 Å². The summed E-state index contributed by atoms with van der Waals surface area (Å²) < 4.78 is 10.3. The van der Waals surface area contributed by atoms with Gasteiger partial charge in [0.05, 0.1) is 13.2 Å². The first-order valence-corrected chi connectivity index (χ1v) is 7.94. The van der Waals surface area contributed by atoms with Crippen LogP contribution >= 0.6 is 0 Å². The number of amides is 1. The second kappa shape index (κ2) is 7.39. The number of aromatic amines is 1. The molecule has 24 heavy (non-hydrogen) atoms. The average Bonchev–Trinajstić information content (AvgIpc) is 3.10. The molecule has 3 heterocycles. The van der Waals surface area contributed by atoms with Gasteiger partial charge in [-0.2, -0.15) is 5.10 Å². The van der Waals surface area contributed by atoms with E-state index in [0.29, 0.717) is 36.2 Å². The van der Waals surface area contributed by atoms with Crippen LogP contribution in [-0.4, -0.2) is 51.7 Å². The lowest BCUT2D eigenvalue weighted by atomic mass is 10.0. The maximum absolute atomic E-state index is 13.0. The molecule has 0 aliphatic carbocycles. The van der Waals surface area contributed by atoms with Crippen molar-refractivity contribution in [1.29, 1.82) is 0 Å². The highest BCUT2D eigenvalue weighted by atomic mass is 16.5. The van der Waals surface area contributed by atoms with Crippen molar-refractivity contribution in [2.24, 2.45) is 0 Å². The highest BCUT2D eigenvalue weighted by Crippen LogP contribution is 2.31. The van der Waals surface area contributed by atoms with Crippen LogP contribution < -0.4 is 4.74 Å². The molecule has 0 unspecified atom stereocenters. The SMILES string of the molecule is COCc1nc([C@@H]2CCCCN2C(=O)c2cccnc2OC)n[nH]1. The predicted molar refractivity (Wildman–Crippen MR) is 85.5 cm³/mol. The molecule has 1 saturated heterocycles. The van der Waals surface area contributed by atoms with Crippen molar-refractivity contribution >= 4 is 5.91 Å². The van der Waals surface area contributed by atoms with E-state index in [1.807, 2.05) is 4.90 Å². The van der Waals surface area contributed by atoms with Crippen molar-refractivity contribution in [2.45, 2.75) is 31.9 Å². The van der Waals surface area contributed by atoms with E-state index in [4.69, 9.17) is 9.47 Å². The van der Waals surface area contributed by atoms with Crippen molar-refractivity contribution in [2.75, 3.05) is 20.8 Å². The van der Waals surface area contributed by atoms with Crippen LogP contribution in [0, 0.1) is 0 Å². The second-order valence-electron chi connectivity index (χ2n) is 5.64. The number of ether oxygens (including phenoxy) is 2. The summed E-state index contributed by atoms with van der Waals surface area (Å²) in [6.45, 7) is 1.03. The summed E-state index contributed by atoms with van der Waals surface area (Å²) in [4.78, 5) is 23.4. The van der Waals surface area contributed by atoms with Crippen LogP contribution in [0.5, 0.6) is 5.88 Å². The predicted octanol–water partition coefficient (Wildman–Crippen LogP) is 1.72. The molecule has 1 amide bonds. The number of methoxy groups -OCH3 is 2. The maximum Gasteiger partial charge on any atom is 0.259 e. The quantitative estimate of drug-likeness (QED) is 0.897. The van der Waals surface area contributed by atoms with Crippen LogP contribution in [0.25, 0.3) is 0 Å². The second-order valence-corrected chi connectivity index (χ2v) is 5.64. The smallest absolute Gasteiger partial charge is 0.259 e. The highest BCUT2D eigenvalue weighted by Gasteiger charge is 2.32. The largest absolute Gasteiger partial charge is 0.480 e. The fourth-order valence-electron chi connectivity index (χ4n) is 2.97. The summed E-state index contributed by atoms with van der Waals surface area (Å²) >= 11 is 0. The van der Waals surface area contributed by atoms with Gasteiger partial charge in [-0.15, -0.1) is 0 Å². The van der Waals surface area contributed by atoms with E-state index < -0.39 is 0 Å². The molecule has 1 aliphatic heterocycles. The number of hydrogen-bond donors (Lipinski definition) is 1. The highest BCUT2D eigenvalue weighted by molar-refractivity contribution is 5.96. The molecule has 0 radical (unpaired) electrons. The third-order valence-corrected chi connectivity index (χ3v) is 4.09. The van der Waals surface area contributed by atoms with Crippen LogP contribution in [0.15, 0.2) is 18.3 Å². The van der Waals surface area contributed by atoms with Crippen molar-refractivity contribution in [3.05, 3.63) is 35.5 Å². The molecular weight excluding hydrogens is 310 g/mol. The number of piperidine rings is 1. The van der Waals surface area contributed by atoms with E-state index in [0.717, 1.165) is 19.3 Å². The number of carbonyl (C=O) groups excluding carboxylic acids is 1. The molecule has 1 fully saturated rings. The van der Waals surface area contributed by atoms with Crippen LogP contribution in [0.3, 0.4) is 0 Å². The molecule has 0 aromatic carbocycles. The molecule has 8 heteroatoms. The molecule has 1 aliphatic rings. The van der Waals surface area contributed by atoms with E-state index in [2.05, 4.69) is 20.2 Å². The van der Waals surface area contributed by atoms with Crippen molar-refractivity contribution in [3.63, 3.8) is 0 Å². The maximum atomic E-state index is 13.0. The Morgan fingerprint density at radius 3 is 3.08 bits per heavy atom. The Labute approximate surface area is 140 Å². The zero-order valence-electron chi connectivity index (χ0n) is 13.9. The molecule has 0 bridgehead atoms. The summed E-state index contributed by atoms with van der Waals surface area (Å²) in [5, 5.41) is 7.14. The zero-order chi connectivity index (χ0) is 16.9. The van der Waals surface area contributed by atoms with Gasteiger partial charge in [0.15, 0.2) is 11.6 Å². The standard InChI is InChI=1S/C16H21N5O3/c1-23-10-13-18-14(20-19-13)12-7-3-4-9-21(12)16(22)11-6-5-8-17-15(11)24-2/h5-6,8,12H,3-4,7,9-10H2,1-2H3,(H,18,19,20)/t12-/m0/s1. The molecule has 128 valence electrons. The molecule has 3 rings (SSSR count). The Bertz CT molecular complexity index is 703. The Morgan fingerprint density at radius 1 is 1.42 bits per heavy atom. The topological polar surface area (TPSA) is 93.2 Å². The number of aromatic nitrogens is 4. The van der Waals surface area contributed by atoms with Gasteiger partial charge in [0.2, 0.25) is 5.88 Å². The number of H-pyrrole nitrogens is 1. The van der Waals surface area contributed by atoms with Crippen LogP contribution in [-0.2, 0) is 11.3 Å². The normalized spacial score (nSPS) is 17.8. The van der Waals surface area contributed by atoms with Gasteiger partial charge in [-0.05, 0) is 31.4 Å². The Balaban J connectivity index is 1.87. The molecule has 2 aromatic rings. The first kappa shape index (κ1) is 16.4. The minimum absolute atomic E-state index is 0.109. The van der Waals surface area contributed by atoms with Gasteiger partial charge in [-0.3, -0.25) is 9.89 Å². The fraction of sp³-hybridized carbons (Fsp3) is 0.500. The summed E-state index contributed by atoms with van der Waals surface area (Å²) in [5.41, 5.74) is 0.458. The third kappa shape index (κ3) is 3.23. The van der Waals surface area contributed by atoms with Gasteiger partial charge in [-0.1, -0.05) is 0 Å². The number of nitrogens with zero attached hydrogens (tertiary/aromatic N) is 4. The average molecular weight is 331 g/mol. The third-order valence-electron chi connectivity index (χ3n) is 4.09. The summed E-state index contributed by atoms with van der Waals surface area (Å²) in [6.07, 6.45) is 4.43.